The molecule has 1 amide bonds. The first kappa shape index (κ1) is 14.6. The number of pyridine rings is 1. The van der Waals surface area contributed by atoms with Gasteiger partial charge in [-0.05, 0) is 36.8 Å². The summed E-state index contributed by atoms with van der Waals surface area (Å²) in [4.78, 5) is 14.2. The van der Waals surface area contributed by atoms with E-state index in [9.17, 15) is 10.0 Å². The maximum Gasteiger partial charge on any atom is 0.259 e. The van der Waals surface area contributed by atoms with E-state index in [1.165, 1.54) is 18.0 Å². The maximum atomic E-state index is 12.4. The van der Waals surface area contributed by atoms with Crippen LogP contribution < -0.4 is 4.73 Å². The van der Waals surface area contributed by atoms with Crippen LogP contribution in [0.2, 0.25) is 0 Å². The van der Waals surface area contributed by atoms with E-state index >= 15 is 0 Å². The first-order valence-electron chi connectivity index (χ1n) is 7.74. The van der Waals surface area contributed by atoms with Gasteiger partial charge in [0.05, 0.1) is 0 Å². The minimum atomic E-state index is -0.0386. The molecule has 0 N–H and O–H groups in total. The van der Waals surface area contributed by atoms with Crippen LogP contribution in [0, 0.1) is 11.1 Å². The second-order valence-corrected chi connectivity index (χ2v) is 5.88. The van der Waals surface area contributed by atoms with Crippen LogP contribution in [0.5, 0.6) is 0 Å². The molecule has 0 aliphatic carbocycles. The molecule has 0 spiro atoms. The Morgan fingerprint density at radius 1 is 1.14 bits per heavy atom. The summed E-state index contributed by atoms with van der Waals surface area (Å²) in [7, 11) is 0. The summed E-state index contributed by atoms with van der Waals surface area (Å²) in [6.45, 7) is 1.54. The fourth-order valence-corrected chi connectivity index (χ4v) is 3.05. The largest absolute Gasteiger partial charge is 0.619 e. The van der Waals surface area contributed by atoms with E-state index in [-0.39, 0.29) is 5.91 Å². The molecule has 2 heterocycles. The first-order valence-corrected chi connectivity index (χ1v) is 7.74. The van der Waals surface area contributed by atoms with Crippen molar-refractivity contribution >= 4 is 5.91 Å². The zero-order valence-corrected chi connectivity index (χ0v) is 12.5. The Kier molecular flexibility index (Phi) is 4.37. The number of likely N-dealkylation sites (tertiary alicyclic amines) is 1. The van der Waals surface area contributed by atoms with E-state index in [0.29, 0.717) is 16.2 Å². The number of hydrogen-bond donors (Lipinski definition) is 0. The van der Waals surface area contributed by atoms with Gasteiger partial charge in [-0.2, -0.15) is 4.73 Å². The van der Waals surface area contributed by atoms with Gasteiger partial charge < -0.3 is 10.1 Å². The van der Waals surface area contributed by atoms with Crippen molar-refractivity contribution in [2.75, 3.05) is 13.1 Å². The van der Waals surface area contributed by atoms with Gasteiger partial charge in [-0.15, -0.1) is 0 Å². The van der Waals surface area contributed by atoms with Crippen LogP contribution in [0.3, 0.4) is 0 Å². The highest BCUT2D eigenvalue weighted by Gasteiger charge is 2.24. The maximum absolute atomic E-state index is 12.4. The lowest BCUT2D eigenvalue weighted by atomic mass is 9.90. The highest BCUT2D eigenvalue weighted by molar-refractivity contribution is 5.93. The molecule has 1 fully saturated rings. The van der Waals surface area contributed by atoms with Crippen molar-refractivity contribution in [3.05, 3.63) is 71.2 Å². The molecule has 0 atom stereocenters. The van der Waals surface area contributed by atoms with Crippen LogP contribution in [-0.4, -0.2) is 23.9 Å². The van der Waals surface area contributed by atoms with Gasteiger partial charge in [0.2, 0.25) is 0 Å². The molecule has 0 saturated carbocycles. The number of benzene rings is 1. The number of hydrogen-bond acceptors (Lipinski definition) is 2. The Labute approximate surface area is 130 Å². The third kappa shape index (κ3) is 3.45. The molecule has 4 nitrogen and oxygen atoms in total. The van der Waals surface area contributed by atoms with Crippen molar-refractivity contribution in [3.63, 3.8) is 0 Å². The number of aromatic nitrogens is 1. The Bertz CT molecular complexity index is 635. The predicted molar refractivity (Wildman–Crippen MR) is 84.2 cm³/mol. The highest BCUT2D eigenvalue weighted by Crippen LogP contribution is 2.22. The van der Waals surface area contributed by atoms with E-state index in [1.807, 2.05) is 11.0 Å². The van der Waals surface area contributed by atoms with Crippen molar-refractivity contribution in [1.29, 1.82) is 0 Å². The molecule has 0 radical (unpaired) electrons. The van der Waals surface area contributed by atoms with Gasteiger partial charge in [0, 0.05) is 19.2 Å². The van der Waals surface area contributed by atoms with E-state index < -0.39 is 0 Å². The third-order valence-corrected chi connectivity index (χ3v) is 4.29. The van der Waals surface area contributed by atoms with Crippen LogP contribution in [0.15, 0.2) is 54.9 Å². The summed E-state index contributed by atoms with van der Waals surface area (Å²) in [5.74, 6) is 0.593. The lowest BCUT2D eigenvalue weighted by Crippen LogP contribution is -2.40. The number of carbonyl (C=O) groups excluding carboxylic acids is 1. The molecule has 4 heteroatoms. The van der Waals surface area contributed by atoms with E-state index in [4.69, 9.17) is 0 Å². The SMILES string of the molecule is O=C(c1ccc[n+]([O-])c1)N1CCC(Cc2ccccc2)CC1. The second-order valence-electron chi connectivity index (χ2n) is 5.88. The Morgan fingerprint density at radius 3 is 2.55 bits per heavy atom. The Balaban J connectivity index is 1.56. The summed E-state index contributed by atoms with van der Waals surface area (Å²) in [5, 5.41) is 11.3. The van der Waals surface area contributed by atoms with Gasteiger partial charge in [0.1, 0.15) is 5.56 Å². The molecule has 1 aliphatic heterocycles. The van der Waals surface area contributed by atoms with Crippen molar-refractivity contribution in [2.24, 2.45) is 5.92 Å². The van der Waals surface area contributed by atoms with Crippen LogP contribution >= 0.6 is 0 Å². The lowest BCUT2D eigenvalue weighted by molar-refractivity contribution is -0.605. The summed E-state index contributed by atoms with van der Waals surface area (Å²) < 4.78 is 0.676. The minimum absolute atomic E-state index is 0.0386. The molecular weight excluding hydrogens is 276 g/mol. The minimum Gasteiger partial charge on any atom is -0.619 e. The number of nitrogens with zero attached hydrogens (tertiary/aromatic N) is 2. The van der Waals surface area contributed by atoms with E-state index in [0.717, 1.165) is 32.4 Å². The van der Waals surface area contributed by atoms with Gasteiger partial charge in [-0.25, -0.2) is 0 Å². The third-order valence-electron chi connectivity index (χ3n) is 4.29. The predicted octanol–water partition coefficient (Wildman–Crippen LogP) is 2.41. The fourth-order valence-electron chi connectivity index (χ4n) is 3.05. The average Bonchev–Trinajstić information content (AvgIpc) is 2.56. The van der Waals surface area contributed by atoms with Gasteiger partial charge in [-0.1, -0.05) is 30.3 Å². The Hall–Kier alpha value is -2.36. The molecule has 22 heavy (non-hydrogen) atoms. The molecule has 2 aromatic rings. The lowest BCUT2D eigenvalue weighted by Gasteiger charge is -2.32. The van der Waals surface area contributed by atoms with Crippen LogP contribution in [0.4, 0.5) is 0 Å². The zero-order chi connectivity index (χ0) is 15.4. The average molecular weight is 296 g/mol. The van der Waals surface area contributed by atoms with Gasteiger partial charge in [0.15, 0.2) is 12.4 Å². The Morgan fingerprint density at radius 2 is 1.86 bits per heavy atom. The molecule has 3 rings (SSSR count). The quantitative estimate of drug-likeness (QED) is 0.645. The molecule has 0 unspecified atom stereocenters. The fraction of sp³-hybridized carbons (Fsp3) is 0.333. The summed E-state index contributed by atoms with van der Waals surface area (Å²) in [5.41, 5.74) is 1.83. The molecule has 0 bridgehead atoms. The normalized spacial score (nSPS) is 15.7. The number of amides is 1. The first-order chi connectivity index (χ1) is 10.7. The van der Waals surface area contributed by atoms with Gasteiger partial charge >= 0.3 is 0 Å². The molecule has 1 aromatic carbocycles. The van der Waals surface area contributed by atoms with Crippen LogP contribution in [0.25, 0.3) is 0 Å². The monoisotopic (exact) mass is 296 g/mol. The van der Waals surface area contributed by atoms with Gasteiger partial charge in [0.25, 0.3) is 5.91 Å². The highest BCUT2D eigenvalue weighted by atomic mass is 16.5. The summed E-state index contributed by atoms with van der Waals surface area (Å²) in [6.07, 6.45) is 5.85. The van der Waals surface area contributed by atoms with Crippen molar-refractivity contribution in [2.45, 2.75) is 19.3 Å². The second kappa shape index (κ2) is 6.60. The topological polar surface area (TPSA) is 47.2 Å². The van der Waals surface area contributed by atoms with Gasteiger partial charge in [-0.3, -0.25) is 4.79 Å². The van der Waals surface area contributed by atoms with Crippen LogP contribution in [0.1, 0.15) is 28.8 Å². The van der Waals surface area contributed by atoms with Crippen molar-refractivity contribution < 1.29 is 9.52 Å². The number of carbonyl (C=O) groups is 1. The van der Waals surface area contributed by atoms with Crippen molar-refractivity contribution in [3.8, 4) is 0 Å². The van der Waals surface area contributed by atoms with Crippen molar-refractivity contribution in [1.82, 2.24) is 4.90 Å². The standard InChI is InChI=1S/C18H20N2O2/c21-18(17-7-4-10-20(22)14-17)19-11-8-16(9-12-19)13-15-5-2-1-3-6-15/h1-7,10,14,16H,8-9,11-13H2. The van der Waals surface area contributed by atoms with Crippen LogP contribution in [-0.2, 0) is 6.42 Å². The molecule has 1 aromatic heterocycles. The van der Waals surface area contributed by atoms with E-state index in [1.54, 1.807) is 12.1 Å². The molecule has 114 valence electrons. The van der Waals surface area contributed by atoms with E-state index in [2.05, 4.69) is 24.3 Å². The zero-order valence-electron chi connectivity index (χ0n) is 12.5. The molecule has 1 saturated heterocycles. The number of rotatable bonds is 3. The smallest absolute Gasteiger partial charge is 0.259 e. The summed E-state index contributed by atoms with van der Waals surface area (Å²) in [6, 6.07) is 13.8. The number of piperidine rings is 1. The molecule has 1 aliphatic rings. The summed E-state index contributed by atoms with van der Waals surface area (Å²) >= 11 is 0. The molecular formula is C18H20N2O2.